The van der Waals surface area contributed by atoms with Gasteiger partial charge in [0.15, 0.2) is 0 Å². The molecule has 2 rings (SSSR count). The maximum absolute atomic E-state index is 5.74. The van der Waals surface area contributed by atoms with E-state index in [9.17, 15) is 0 Å². The summed E-state index contributed by atoms with van der Waals surface area (Å²) in [6.07, 6.45) is 1.77. The zero-order valence-electron chi connectivity index (χ0n) is 14.1. The van der Waals surface area contributed by atoms with Gasteiger partial charge in [0, 0.05) is 18.7 Å². The average molecular weight is 335 g/mol. The van der Waals surface area contributed by atoms with E-state index in [1.165, 1.54) is 0 Å². The van der Waals surface area contributed by atoms with Crippen LogP contribution in [0.5, 0.6) is 5.75 Å². The first-order valence-corrected chi connectivity index (χ1v) is 8.10. The van der Waals surface area contributed by atoms with Crippen LogP contribution < -0.4 is 4.74 Å². The highest BCUT2D eigenvalue weighted by molar-refractivity contribution is 5.84. The standard InChI is InChI=1S/C18H25NO5/c1-20-8-9-21-10-11-22-12-13-23-14-15-24-17-6-2-4-16-5-3-7-19-18(16)17/h2-7H,8-15H2,1H3. The van der Waals surface area contributed by atoms with E-state index in [4.69, 9.17) is 23.7 Å². The van der Waals surface area contributed by atoms with Gasteiger partial charge in [0.1, 0.15) is 17.9 Å². The molecular weight excluding hydrogens is 310 g/mol. The topological polar surface area (TPSA) is 59.0 Å². The molecule has 6 nitrogen and oxygen atoms in total. The fourth-order valence-electron chi connectivity index (χ4n) is 2.09. The fraction of sp³-hybridized carbons (Fsp3) is 0.500. The van der Waals surface area contributed by atoms with Crippen molar-refractivity contribution in [3.8, 4) is 5.75 Å². The molecule has 24 heavy (non-hydrogen) atoms. The van der Waals surface area contributed by atoms with Crippen LogP contribution in [-0.4, -0.2) is 64.9 Å². The Bertz CT molecular complexity index is 573. The number of para-hydroxylation sites is 1. The lowest BCUT2D eigenvalue weighted by atomic mass is 10.2. The Balaban J connectivity index is 1.49. The molecule has 0 aliphatic carbocycles. The van der Waals surface area contributed by atoms with E-state index in [2.05, 4.69) is 4.98 Å². The summed E-state index contributed by atoms with van der Waals surface area (Å²) >= 11 is 0. The van der Waals surface area contributed by atoms with Crippen molar-refractivity contribution in [1.29, 1.82) is 0 Å². The molecular formula is C18H25NO5. The molecule has 0 saturated carbocycles. The summed E-state index contributed by atoms with van der Waals surface area (Å²) < 4.78 is 26.8. The molecule has 1 aromatic carbocycles. The van der Waals surface area contributed by atoms with Crippen molar-refractivity contribution >= 4 is 10.9 Å². The number of benzene rings is 1. The highest BCUT2D eigenvalue weighted by Crippen LogP contribution is 2.22. The first-order valence-electron chi connectivity index (χ1n) is 8.10. The lowest BCUT2D eigenvalue weighted by molar-refractivity contribution is 0.000211. The van der Waals surface area contributed by atoms with Gasteiger partial charge >= 0.3 is 0 Å². The summed E-state index contributed by atoms with van der Waals surface area (Å²) in [6.45, 7) is 4.41. The van der Waals surface area contributed by atoms with Gasteiger partial charge in [-0.3, -0.25) is 4.98 Å². The summed E-state index contributed by atoms with van der Waals surface area (Å²) in [4.78, 5) is 4.35. The summed E-state index contributed by atoms with van der Waals surface area (Å²) in [7, 11) is 1.65. The van der Waals surface area contributed by atoms with Gasteiger partial charge in [-0.25, -0.2) is 0 Å². The van der Waals surface area contributed by atoms with Crippen LogP contribution in [0.4, 0.5) is 0 Å². The molecule has 0 unspecified atom stereocenters. The van der Waals surface area contributed by atoms with Gasteiger partial charge in [0.25, 0.3) is 0 Å². The van der Waals surface area contributed by atoms with E-state index in [1.54, 1.807) is 13.3 Å². The largest absolute Gasteiger partial charge is 0.489 e. The van der Waals surface area contributed by atoms with E-state index < -0.39 is 0 Å². The van der Waals surface area contributed by atoms with Gasteiger partial charge in [0.2, 0.25) is 0 Å². The number of methoxy groups -OCH3 is 1. The minimum atomic E-state index is 0.482. The van der Waals surface area contributed by atoms with Crippen LogP contribution in [0.3, 0.4) is 0 Å². The third-order valence-corrected chi connectivity index (χ3v) is 3.26. The predicted octanol–water partition coefficient (Wildman–Crippen LogP) is 2.31. The van der Waals surface area contributed by atoms with Gasteiger partial charge in [-0.05, 0) is 12.1 Å². The van der Waals surface area contributed by atoms with Crippen LogP contribution in [0.25, 0.3) is 10.9 Å². The third kappa shape index (κ3) is 6.80. The van der Waals surface area contributed by atoms with Crippen molar-refractivity contribution < 1.29 is 23.7 Å². The molecule has 0 atom stereocenters. The molecule has 0 aliphatic heterocycles. The summed E-state index contributed by atoms with van der Waals surface area (Å²) in [5, 5.41) is 1.07. The van der Waals surface area contributed by atoms with Crippen molar-refractivity contribution in [2.24, 2.45) is 0 Å². The molecule has 0 spiro atoms. The van der Waals surface area contributed by atoms with Crippen LogP contribution >= 0.6 is 0 Å². The average Bonchev–Trinajstić information content (AvgIpc) is 2.63. The number of nitrogens with zero attached hydrogens (tertiary/aromatic N) is 1. The van der Waals surface area contributed by atoms with E-state index in [0.29, 0.717) is 52.9 Å². The Hall–Kier alpha value is -1.73. The van der Waals surface area contributed by atoms with Crippen LogP contribution in [-0.2, 0) is 18.9 Å². The Kier molecular flexibility index (Phi) is 9.11. The maximum Gasteiger partial charge on any atom is 0.145 e. The molecule has 0 saturated heterocycles. The van der Waals surface area contributed by atoms with Crippen LogP contribution in [0.2, 0.25) is 0 Å². The Labute approximate surface area is 142 Å². The third-order valence-electron chi connectivity index (χ3n) is 3.26. The van der Waals surface area contributed by atoms with Crippen molar-refractivity contribution in [3.05, 3.63) is 36.5 Å². The van der Waals surface area contributed by atoms with Gasteiger partial charge in [-0.2, -0.15) is 0 Å². The van der Waals surface area contributed by atoms with Crippen molar-refractivity contribution in [2.75, 3.05) is 60.0 Å². The zero-order chi connectivity index (χ0) is 16.9. The minimum absolute atomic E-state index is 0.482. The summed E-state index contributed by atoms with van der Waals surface area (Å²) in [5.74, 6) is 0.779. The minimum Gasteiger partial charge on any atom is -0.489 e. The highest BCUT2D eigenvalue weighted by atomic mass is 16.6. The number of rotatable bonds is 13. The molecule has 0 bridgehead atoms. The number of fused-ring (bicyclic) bond motifs is 1. The second-order valence-electron chi connectivity index (χ2n) is 5.01. The quantitative estimate of drug-likeness (QED) is 0.524. The molecule has 1 aromatic heterocycles. The smallest absolute Gasteiger partial charge is 0.145 e. The van der Waals surface area contributed by atoms with Crippen molar-refractivity contribution in [3.63, 3.8) is 0 Å². The number of pyridine rings is 1. The normalized spacial score (nSPS) is 11.0. The molecule has 0 amide bonds. The SMILES string of the molecule is COCCOCCOCCOCCOc1cccc2cccnc12. The second-order valence-corrected chi connectivity index (χ2v) is 5.01. The number of hydrogen-bond donors (Lipinski definition) is 0. The number of aromatic nitrogens is 1. The predicted molar refractivity (Wildman–Crippen MR) is 91.6 cm³/mol. The van der Waals surface area contributed by atoms with E-state index in [1.807, 2.05) is 30.3 Å². The first kappa shape index (κ1) is 18.6. The molecule has 1 heterocycles. The lowest BCUT2D eigenvalue weighted by Gasteiger charge is -2.09. The fourth-order valence-corrected chi connectivity index (χ4v) is 2.09. The van der Waals surface area contributed by atoms with E-state index in [-0.39, 0.29) is 0 Å². The van der Waals surface area contributed by atoms with Gasteiger partial charge < -0.3 is 23.7 Å². The molecule has 132 valence electrons. The zero-order valence-corrected chi connectivity index (χ0v) is 14.1. The molecule has 0 radical (unpaired) electrons. The molecule has 0 N–H and O–H groups in total. The van der Waals surface area contributed by atoms with Crippen LogP contribution in [0.15, 0.2) is 36.5 Å². The van der Waals surface area contributed by atoms with Gasteiger partial charge in [0.05, 0.1) is 46.2 Å². The Morgan fingerprint density at radius 2 is 1.38 bits per heavy atom. The van der Waals surface area contributed by atoms with Crippen LogP contribution in [0, 0.1) is 0 Å². The van der Waals surface area contributed by atoms with Gasteiger partial charge in [-0.1, -0.05) is 18.2 Å². The second kappa shape index (κ2) is 11.8. The molecule has 6 heteroatoms. The maximum atomic E-state index is 5.74. The van der Waals surface area contributed by atoms with Crippen molar-refractivity contribution in [2.45, 2.75) is 0 Å². The van der Waals surface area contributed by atoms with Crippen LogP contribution in [0.1, 0.15) is 0 Å². The van der Waals surface area contributed by atoms with E-state index in [0.717, 1.165) is 16.7 Å². The number of hydrogen-bond acceptors (Lipinski definition) is 6. The van der Waals surface area contributed by atoms with E-state index >= 15 is 0 Å². The van der Waals surface area contributed by atoms with Gasteiger partial charge in [-0.15, -0.1) is 0 Å². The molecule has 0 fully saturated rings. The molecule has 2 aromatic rings. The summed E-state index contributed by atoms with van der Waals surface area (Å²) in [5.41, 5.74) is 0.872. The molecule has 0 aliphatic rings. The monoisotopic (exact) mass is 335 g/mol. The Morgan fingerprint density at radius 3 is 2.08 bits per heavy atom. The summed E-state index contributed by atoms with van der Waals surface area (Å²) in [6, 6.07) is 9.83. The highest BCUT2D eigenvalue weighted by Gasteiger charge is 2.02. The number of ether oxygens (including phenoxy) is 5. The first-order chi connectivity index (χ1) is 11.9. The van der Waals surface area contributed by atoms with Crippen molar-refractivity contribution in [1.82, 2.24) is 4.98 Å². The Morgan fingerprint density at radius 1 is 0.750 bits per heavy atom. The lowest BCUT2D eigenvalue weighted by Crippen LogP contribution is -2.13.